The van der Waals surface area contributed by atoms with E-state index in [0.29, 0.717) is 37.8 Å². The van der Waals surface area contributed by atoms with E-state index in [1.54, 1.807) is 34.8 Å². The molecule has 0 spiro atoms. The number of aryl methyl sites for hydroxylation is 1. The van der Waals surface area contributed by atoms with Crippen molar-refractivity contribution in [2.75, 3.05) is 38.2 Å². The largest absolute Gasteiger partial charge is 0.496 e. The number of anilines is 1. The van der Waals surface area contributed by atoms with Crippen LogP contribution in [0.5, 0.6) is 5.75 Å². The quantitative estimate of drug-likeness (QED) is 0.294. The fourth-order valence-corrected chi connectivity index (χ4v) is 6.35. The Morgan fingerprint density at radius 1 is 0.956 bits per heavy atom. The molecule has 15 heteroatoms. The molecular formula is C30H30N10O5. The summed E-state index contributed by atoms with van der Waals surface area (Å²) in [5.74, 6) is -0.724. The van der Waals surface area contributed by atoms with Crippen LogP contribution in [0.1, 0.15) is 51.0 Å². The van der Waals surface area contributed by atoms with Gasteiger partial charge >= 0.3 is 0 Å². The molecule has 2 aromatic heterocycles. The minimum atomic E-state index is -1.00. The van der Waals surface area contributed by atoms with Crippen molar-refractivity contribution >= 4 is 29.3 Å². The van der Waals surface area contributed by atoms with E-state index in [1.165, 1.54) is 0 Å². The van der Waals surface area contributed by atoms with E-state index in [1.807, 2.05) is 43.6 Å². The van der Waals surface area contributed by atoms with Gasteiger partial charge in [-0.05, 0) is 47.2 Å². The van der Waals surface area contributed by atoms with E-state index in [4.69, 9.17) is 4.74 Å². The van der Waals surface area contributed by atoms with Gasteiger partial charge in [-0.15, -0.1) is 5.10 Å². The van der Waals surface area contributed by atoms with E-state index < -0.39 is 29.7 Å². The molecule has 0 bridgehead atoms. The van der Waals surface area contributed by atoms with Crippen LogP contribution in [-0.2, 0) is 16.6 Å². The molecule has 2 fully saturated rings. The standard InChI is InChI=1S/C30H30N10O5/c1-36-27(33-34-35-36)26(21-7-5-19(17-24(21)45-2)39-11-3-10-31-39)38-14-12-37(13-15-38)18-4-6-20-22(16-18)30(44)40(29(20)43)23-8-9-25(41)32-28(23)42/h3-7,10-11,16-17,23,26H,8-9,12-15H2,1-2H3,(H,32,41,42). The molecule has 3 aliphatic rings. The second kappa shape index (κ2) is 11.2. The van der Waals surface area contributed by atoms with E-state index in [-0.39, 0.29) is 30.0 Å². The maximum Gasteiger partial charge on any atom is 0.262 e. The van der Waals surface area contributed by atoms with Crippen molar-refractivity contribution in [3.8, 4) is 11.4 Å². The highest BCUT2D eigenvalue weighted by molar-refractivity contribution is 6.23. The summed E-state index contributed by atoms with van der Waals surface area (Å²) in [4.78, 5) is 56.0. The van der Waals surface area contributed by atoms with Crippen LogP contribution in [-0.4, -0.2) is 103 Å². The average molecular weight is 611 g/mol. The van der Waals surface area contributed by atoms with Gasteiger partial charge < -0.3 is 9.64 Å². The number of fused-ring (bicyclic) bond motifs is 1. The highest BCUT2D eigenvalue weighted by Crippen LogP contribution is 2.36. The fraction of sp³-hybridized carbons (Fsp3) is 0.333. The fourth-order valence-electron chi connectivity index (χ4n) is 6.35. The SMILES string of the molecule is COc1cc(-n2cccn2)ccc1C(c1nnnn1C)N1CCN(c2ccc3c(c2)C(=O)N(C2CCC(=O)NC2=O)C3=O)CC1. The Morgan fingerprint density at radius 2 is 1.73 bits per heavy atom. The minimum Gasteiger partial charge on any atom is -0.496 e. The molecule has 230 valence electrons. The van der Waals surface area contributed by atoms with Crippen molar-refractivity contribution in [2.45, 2.75) is 24.9 Å². The lowest BCUT2D eigenvalue weighted by atomic mass is 10.0. The van der Waals surface area contributed by atoms with Gasteiger partial charge in [0.25, 0.3) is 11.8 Å². The number of carbonyl (C=O) groups excluding carboxylic acids is 4. The first-order valence-electron chi connectivity index (χ1n) is 14.6. The van der Waals surface area contributed by atoms with Gasteiger partial charge in [0, 0.05) is 69.4 Å². The van der Waals surface area contributed by atoms with Gasteiger partial charge in [-0.2, -0.15) is 5.10 Å². The Morgan fingerprint density at radius 3 is 2.42 bits per heavy atom. The van der Waals surface area contributed by atoms with Gasteiger partial charge in [-0.3, -0.25) is 34.3 Å². The average Bonchev–Trinajstić information content (AvgIpc) is 3.79. The topological polar surface area (TPSA) is 161 Å². The van der Waals surface area contributed by atoms with Crippen LogP contribution < -0.4 is 15.0 Å². The predicted octanol–water partition coefficient (Wildman–Crippen LogP) is 0.717. The van der Waals surface area contributed by atoms with Crippen LogP contribution in [0.4, 0.5) is 5.69 Å². The third-order valence-corrected chi connectivity index (χ3v) is 8.65. The number of ether oxygens (including phenoxy) is 1. The highest BCUT2D eigenvalue weighted by Gasteiger charge is 2.45. The molecule has 1 N–H and O–H groups in total. The Bertz CT molecular complexity index is 1810. The number of methoxy groups -OCH3 is 1. The number of carbonyl (C=O) groups is 4. The maximum absolute atomic E-state index is 13.4. The molecule has 4 aromatic rings. The highest BCUT2D eigenvalue weighted by atomic mass is 16.5. The molecule has 2 saturated heterocycles. The molecule has 2 aromatic carbocycles. The summed E-state index contributed by atoms with van der Waals surface area (Å²) in [5, 5.41) is 18.9. The number of amides is 4. The number of piperidine rings is 1. The van der Waals surface area contributed by atoms with Crippen LogP contribution in [0, 0.1) is 0 Å². The van der Waals surface area contributed by atoms with Crippen LogP contribution in [0.3, 0.4) is 0 Å². The van der Waals surface area contributed by atoms with Gasteiger partial charge in [0.1, 0.15) is 17.8 Å². The van der Waals surface area contributed by atoms with Crippen molar-refractivity contribution in [3.63, 3.8) is 0 Å². The number of hydrogen-bond acceptors (Lipinski definition) is 11. The first-order chi connectivity index (χ1) is 21.8. The van der Waals surface area contributed by atoms with Crippen LogP contribution in [0.25, 0.3) is 5.69 Å². The van der Waals surface area contributed by atoms with Gasteiger partial charge in [-0.1, -0.05) is 6.07 Å². The molecule has 45 heavy (non-hydrogen) atoms. The first-order valence-corrected chi connectivity index (χ1v) is 14.6. The summed E-state index contributed by atoms with van der Waals surface area (Å²) in [6.07, 6.45) is 3.78. The summed E-state index contributed by atoms with van der Waals surface area (Å²) >= 11 is 0. The lowest BCUT2D eigenvalue weighted by molar-refractivity contribution is -0.136. The van der Waals surface area contributed by atoms with Crippen molar-refractivity contribution in [1.29, 1.82) is 0 Å². The lowest BCUT2D eigenvalue weighted by Gasteiger charge is -2.40. The first kappa shape index (κ1) is 28.3. The smallest absolute Gasteiger partial charge is 0.262 e. The molecule has 7 rings (SSSR count). The third-order valence-electron chi connectivity index (χ3n) is 8.65. The Kier molecular flexibility index (Phi) is 7.08. The van der Waals surface area contributed by atoms with Crippen LogP contribution in [0.2, 0.25) is 0 Å². The number of nitrogens with zero attached hydrogens (tertiary/aromatic N) is 9. The predicted molar refractivity (Wildman–Crippen MR) is 158 cm³/mol. The second-order valence-electron chi connectivity index (χ2n) is 11.1. The summed E-state index contributed by atoms with van der Waals surface area (Å²) in [7, 11) is 3.45. The maximum atomic E-state index is 13.4. The number of benzene rings is 2. The van der Waals surface area contributed by atoms with Gasteiger partial charge in [0.05, 0.1) is 23.9 Å². The molecule has 0 radical (unpaired) electrons. The molecule has 4 amide bonds. The van der Waals surface area contributed by atoms with E-state index in [9.17, 15) is 19.2 Å². The zero-order valence-corrected chi connectivity index (χ0v) is 24.7. The lowest BCUT2D eigenvalue weighted by Crippen LogP contribution is -2.54. The number of rotatable bonds is 7. The zero-order chi connectivity index (χ0) is 31.2. The monoisotopic (exact) mass is 610 g/mol. The molecular weight excluding hydrogens is 580 g/mol. The number of tetrazole rings is 1. The van der Waals surface area contributed by atoms with Crippen molar-refractivity contribution < 1.29 is 23.9 Å². The minimum absolute atomic E-state index is 0.0745. The Hall–Kier alpha value is -5.44. The van der Waals surface area contributed by atoms with E-state index >= 15 is 0 Å². The summed E-state index contributed by atoms with van der Waals surface area (Å²) in [6.45, 7) is 2.56. The van der Waals surface area contributed by atoms with E-state index in [2.05, 4.69) is 35.7 Å². The van der Waals surface area contributed by atoms with Crippen LogP contribution >= 0.6 is 0 Å². The molecule has 15 nitrogen and oxygen atoms in total. The molecule has 5 heterocycles. The van der Waals surface area contributed by atoms with Crippen molar-refractivity contribution in [1.82, 2.24) is 45.1 Å². The second-order valence-corrected chi connectivity index (χ2v) is 11.1. The molecule has 2 atom stereocenters. The molecule has 3 aliphatic heterocycles. The van der Waals surface area contributed by atoms with Crippen LogP contribution in [0.15, 0.2) is 54.9 Å². The number of aromatic nitrogens is 6. The van der Waals surface area contributed by atoms with Crippen molar-refractivity contribution in [3.05, 3.63) is 77.4 Å². The summed E-state index contributed by atoms with van der Waals surface area (Å²) in [6, 6.07) is 11.7. The van der Waals surface area contributed by atoms with Gasteiger partial charge in [0.15, 0.2) is 5.82 Å². The number of nitrogens with one attached hydrogen (secondary N) is 1. The Balaban J connectivity index is 1.12. The van der Waals surface area contributed by atoms with E-state index in [0.717, 1.165) is 21.8 Å². The van der Waals surface area contributed by atoms with Gasteiger partial charge in [0.2, 0.25) is 11.8 Å². The third kappa shape index (κ3) is 4.90. The van der Waals surface area contributed by atoms with Gasteiger partial charge in [-0.25, -0.2) is 9.36 Å². The molecule has 0 saturated carbocycles. The normalized spacial score (nSPS) is 19.6. The van der Waals surface area contributed by atoms with Crippen molar-refractivity contribution in [2.24, 2.45) is 7.05 Å². The number of piperazine rings is 1. The Labute approximate surface area is 257 Å². The zero-order valence-electron chi connectivity index (χ0n) is 24.7. The molecule has 0 aliphatic carbocycles. The summed E-state index contributed by atoms with van der Waals surface area (Å²) in [5.41, 5.74) is 3.09. The summed E-state index contributed by atoms with van der Waals surface area (Å²) < 4.78 is 9.28. The number of imide groups is 2. The molecule has 2 unspecified atom stereocenters. The number of hydrogen-bond donors (Lipinski definition) is 1.